The number of aryl methyl sites for hydroxylation is 1. The molecule has 1 atom stereocenters. The largest absolute Gasteiger partial charge is 0.507 e. The fourth-order valence-corrected chi connectivity index (χ4v) is 4.41. The molecule has 0 saturated carbocycles. The zero-order chi connectivity index (χ0) is 20.5. The average Bonchev–Trinajstić information content (AvgIpc) is 3.35. The van der Waals surface area contributed by atoms with Crippen LogP contribution in [0, 0.1) is 6.92 Å². The SMILES string of the molecule is COc1ccc(/C(O)=C2/C(=O)C(=O)N(c3ccccc3)C2c2cccs2)cc1C. The van der Waals surface area contributed by atoms with E-state index in [1.54, 1.807) is 37.4 Å². The molecular formula is C23H19NO4S. The van der Waals surface area contributed by atoms with Crippen LogP contribution >= 0.6 is 11.3 Å². The van der Waals surface area contributed by atoms with Crippen LogP contribution in [-0.4, -0.2) is 23.9 Å². The Bertz CT molecular complexity index is 1100. The molecule has 4 rings (SSSR count). The summed E-state index contributed by atoms with van der Waals surface area (Å²) in [5.41, 5.74) is 1.99. The predicted molar refractivity (Wildman–Crippen MR) is 113 cm³/mol. The molecule has 1 amide bonds. The number of carbonyl (C=O) groups excluding carboxylic acids is 2. The lowest BCUT2D eigenvalue weighted by Gasteiger charge is -2.24. The first kappa shape index (κ1) is 19.0. The number of thiophene rings is 1. The van der Waals surface area contributed by atoms with E-state index in [9.17, 15) is 14.7 Å². The number of hydrogen-bond acceptors (Lipinski definition) is 5. The molecule has 1 unspecified atom stereocenters. The van der Waals surface area contributed by atoms with E-state index in [1.165, 1.54) is 16.2 Å². The van der Waals surface area contributed by atoms with E-state index >= 15 is 0 Å². The van der Waals surface area contributed by atoms with E-state index in [1.807, 2.05) is 42.6 Å². The van der Waals surface area contributed by atoms with Crippen LogP contribution in [0.1, 0.15) is 22.0 Å². The lowest BCUT2D eigenvalue weighted by Crippen LogP contribution is -2.29. The molecular weight excluding hydrogens is 386 g/mol. The van der Waals surface area contributed by atoms with E-state index in [-0.39, 0.29) is 11.3 Å². The summed E-state index contributed by atoms with van der Waals surface area (Å²) in [6.45, 7) is 1.86. The Labute approximate surface area is 172 Å². The van der Waals surface area contributed by atoms with Crippen LogP contribution in [0.2, 0.25) is 0 Å². The van der Waals surface area contributed by atoms with E-state index in [0.29, 0.717) is 17.0 Å². The first-order valence-corrected chi connectivity index (χ1v) is 9.95. The fraction of sp³-hybridized carbons (Fsp3) is 0.130. The van der Waals surface area contributed by atoms with Gasteiger partial charge in [0.05, 0.1) is 12.7 Å². The number of para-hydroxylation sites is 1. The Hall–Kier alpha value is -3.38. The minimum atomic E-state index is -0.696. The van der Waals surface area contributed by atoms with Crippen LogP contribution in [-0.2, 0) is 9.59 Å². The van der Waals surface area contributed by atoms with Crippen LogP contribution < -0.4 is 9.64 Å². The van der Waals surface area contributed by atoms with Gasteiger partial charge in [-0.2, -0.15) is 0 Å². The van der Waals surface area contributed by atoms with E-state index in [0.717, 1.165) is 10.4 Å². The molecule has 1 N–H and O–H groups in total. The molecule has 6 heteroatoms. The number of nitrogens with zero attached hydrogens (tertiary/aromatic N) is 1. The van der Waals surface area contributed by atoms with E-state index in [2.05, 4.69) is 0 Å². The Morgan fingerprint density at radius 2 is 1.83 bits per heavy atom. The van der Waals surface area contributed by atoms with Gasteiger partial charge < -0.3 is 9.84 Å². The number of aliphatic hydroxyl groups is 1. The Kier molecular flexibility index (Phi) is 4.94. The number of benzene rings is 2. The number of rotatable bonds is 4. The first-order chi connectivity index (χ1) is 14.0. The van der Waals surface area contributed by atoms with E-state index < -0.39 is 17.7 Å². The maximum atomic E-state index is 13.0. The molecule has 1 aromatic heterocycles. The number of ether oxygens (including phenoxy) is 1. The second-order valence-electron chi connectivity index (χ2n) is 6.70. The number of ketones is 1. The normalized spacial score (nSPS) is 18.3. The number of hydrogen-bond donors (Lipinski definition) is 1. The summed E-state index contributed by atoms with van der Waals surface area (Å²) >= 11 is 1.44. The van der Waals surface area contributed by atoms with Crippen LogP contribution in [0.25, 0.3) is 5.76 Å². The number of carbonyl (C=O) groups is 2. The number of methoxy groups -OCH3 is 1. The lowest BCUT2D eigenvalue weighted by molar-refractivity contribution is -0.132. The third kappa shape index (κ3) is 3.21. The highest BCUT2D eigenvalue weighted by Gasteiger charge is 2.47. The number of amides is 1. The molecule has 29 heavy (non-hydrogen) atoms. The molecule has 1 saturated heterocycles. The first-order valence-electron chi connectivity index (χ1n) is 9.07. The minimum Gasteiger partial charge on any atom is -0.507 e. The van der Waals surface area contributed by atoms with Gasteiger partial charge in [0, 0.05) is 16.1 Å². The van der Waals surface area contributed by atoms with Crippen molar-refractivity contribution in [3.63, 3.8) is 0 Å². The van der Waals surface area contributed by atoms with Crippen molar-refractivity contribution in [2.75, 3.05) is 12.0 Å². The van der Waals surface area contributed by atoms with Gasteiger partial charge in [0.2, 0.25) is 0 Å². The molecule has 0 spiro atoms. The molecule has 0 aliphatic carbocycles. The summed E-state index contributed by atoms with van der Waals surface area (Å²) in [4.78, 5) is 28.2. The average molecular weight is 405 g/mol. The molecule has 5 nitrogen and oxygen atoms in total. The topological polar surface area (TPSA) is 66.8 Å². The monoisotopic (exact) mass is 405 g/mol. The second-order valence-corrected chi connectivity index (χ2v) is 7.68. The smallest absolute Gasteiger partial charge is 0.300 e. The van der Waals surface area contributed by atoms with Gasteiger partial charge in [-0.05, 0) is 54.3 Å². The quantitative estimate of drug-likeness (QED) is 0.388. The summed E-state index contributed by atoms with van der Waals surface area (Å²) in [5, 5.41) is 13.0. The summed E-state index contributed by atoms with van der Waals surface area (Å²) in [6.07, 6.45) is 0. The van der Waals surface area contributed by atoms with Gasteiger partial charge in [-0.3, -0.25) is 14.5 Å². The highest BCUT2D eigenvalue weighted by molar-refractivity contribution is 7.10. The van der Waals surface area contributed by atoms with E-state index in [4.69, 9.17) is 4.74 Å². The van der Waals surface area contributed by atoms with Crippen molar-refractivity contribution in [2.45, 2.75) is 13.0 Å². The second kappa shape index (κ2) is 7.56. The fourth-order valence-electron chi connectivity index (χ4n) is 3.58. The molecule has 2 heterocycles. The van der Waals surface area contributed by atoms with Gasteiger partial charge in [0.1, 0.15) is 17.6 Å². The van der Waals surface area contributed by atoms with Crippen molar-refractivity contribution >= 4 is 34.5 Å². The molecule has 0 radical (unpaired) electrons. The molecule has 1 aliphatic heterocycles. The standard InChI is InChI=1S/C23H19NO4S/c1-14-13-15(10-11-17(14)28-2)21(25)19-20(18-9-6-12-29-18)24(23(27)22(19)26)16-7-4-3-5-8-16/h3-13,20,25H,1-2H3/b21-19-. The van der Waals surface area contributed by atoms with Crippen molar-refractivity contribution in [1.29, 1.82) is 0 Å². The minimum absolute atomic E-state index is 0.0888. The zero-order valence-corrected chi connectivity index (χ0v) is 16.8. The predicted octanol–water partition coefficient (Wildman–Crippen LogP) is 4.69. The maximum absolute atomic E-state index is 13.0. The van der Waals surface area contributed by atoms with Crippen LogP contribution in [0.15, 0.2) is 71.6 Å². The summed E-state index contributed by atoms with van der Waals surface area (Å²) < 4.78 is 5.27. The van der Waals surface area contributed by atoms with Gasteiger partial charge in [-0.1, -0.05) is 24.3 Å². The zero-order valence-electron chi connectivity index (χ0n) is 16.0. The van der Waals surface area contributed by atoms with Crippen LogP contribution in [0.4, 0.5) is 5.69 Å². The Balaban J connectivity index is 1.91. The van der Waals surface area contributed by atoms with Gasteiger partial charge in [0.25, 0.3) is 11.7 Å². The molecule has 3 aromatic rings. The third-order valence-electron chi connectivity index (χ3n) is 4.96. The van der Waals surface area contributed by atoms with Crippen LogP contribution in [0.5, 0.6) is 5.75 Å². The van der Waals surface area contributed by atoms with Crippen molar-refractivity contribution in [2.24, 2.45) is 0 Å². The summed E-state index contributed by atoms with van der Waals surface area (Å²) in [5.74, 6) is -0.855. The van der Waals surface area contributed by atoms with Gasteiger partial charge in [0.15, 0.2) is 0 Å². The highest BCUT2D eigenvalue weighted by atomic mass is 32.1. The summed E-state index contributed by atoms with van der Waals surface area (Å²) in [7, 11) is 1.57. The van der Waals surface area contributed by atoms with Crippen molar-refractivity contribution in [3.8, 4) is 5.75 Å². The molecule has 2 aromatic carbocycles. The number of Topliss-reactive ketones (excluding diaryl/α,β-unsaturated/α-hetero) is 1. The van der Waals surface area contributed by atoms with Crippen molar-refractivity contribution < 1.29 is 19.4 Å². The van der Waals surface area contributed by atoms with Gasteiger partial charge in [-0.25, -0.2) is 0 Å². The van der Waals surface area contributed by atoms with Gasteiger partial charge >= 0.3 is 0 Å². The Morgan fingerprint density at radius 1 is 1.07 bits per heavy atom. The Morgan fingerprint density at radius 3 is 2.45 bits per heavy atom. The summed E-state index contributed by atoms with van der Waals surface area (Å²) in [6, 6.07) is 17.2. The van der Waals surface area contributed by atoms with Gasteiger partial charge in [-0.15, -0.1) is 11.3 Å². The highest BCUT2D eigenvalue weighted by Crippen LogP contribution is 2.43. The number of anilines is 1. The van der Waals surface area contributed by atoms with Crippen molar-refractivity contribution in [1.82, 2.24) is 0 Å². The maximum Gasteiger partial charge on any atom is 0.300 e. The molecule has 1 aliphatic rings. The molecule has 1 fully saturated rings. The third-order valence-corrected chi connectivity index (χ3v) is 5.88. The lowest BCUT2D eigenvalue weighted by atomic mass is 9.98. The number of aliphatic hydroxyl groups excluding tert-OH is 1. The molecule has 0 bridgehead atoms. The molecule has 146 valence electrons. The van der Waals surface area contributed by atoms with Crippen LogP contribution in [0.3, 0.4) is 0 Å². The van der Waals surface area contributed by atoms with Crippen molar-refractivity contribution in [3.05, 3.63) is 87.6 Å².